The third-order valence-corrected chi connectivity index (χ3v) is 3.70. The summed E-state index contributed by atoms with van der Waals surface area (Å²) in [7, 11) is 1.51. The Morgan fingerprint density at radius 2 is 2.20 bits per heavy atom. The second-order valence-electron chi connectivity index (χ2n) is 4.94. The van der Waals surface area contributed by atoms with Crippen LogP contribution in [-0.2, 0) is 4.74 Å². The smallest absolute Gasteiger partial charge is 0.253 e. The Hall–Kier alpha value is -2.08. The van der Waals surface area contributed by atoms with Gasteiger partial charge in [0.1, 0.15) is 11.4 Å². The van der Waals surface area contributed by atoms with Gasteiger partial charge in [-0.15, -0.1) is 0 Å². The van der Waals surface area contributed by atoms with Crippen molar-refractivity contribution in [1.29, 1.82) is 0 Å². The zero-order valence-corrected chi connectivity index (χ0v) is 11.3. The van der Waals surface area contributed by atoms with Crippen LogP contribution in [0.4, 0.5) is 0 Å². The van der Waals surface area contributed by atoms with Crippen LogP contribution < -0.4 is 10.5 Å². The molecule has 1 fully saturated rings. The van der Waals surface area contributed by atoms with Crippen molar-refractivity contribution in [3.8, 4) is 5.75 Å². The minimum absolute atomic E-state index is 0.357. The van der Waals surface area contributed by atoms with Gasteiger partial charge in [-0.05, 0) is 12.8 Å². The fraction of sp³-hybridized carbons (Fsp3) is 0.429. The Morgan fingerprint density at radius 3 is 2.85 bits per heavy atom. The predicted octanol–water partition coefficient (Wildman–Crippen LogP) is 1.34. The van der Waals surface area contributed by atoms with E-state index in [1.54, 1.807) is 12.3 Å². The number of amides is 1. The average molecular weight is 275 g/mol. The standard InChI is InChI=1S/C14H17N3O3/c1-19-12-6-13-16-11(9-2-4-20-5-3-9)8-17(13)7-10(12)14(15)18/h6-9H,2-5H2,1H3,(H2,15,18). The lowest BCUT2D eigenvalue weighted by Gasteiger charge is -2.19. The summed E-state index contributed by atoms with van der Waals surface area (Å²) < 4.78 is 12.4. The van der Waals surface area contributed by atoms with Crippen molar-refractivity contribution in [3.63, 3.8) is 0 Å². The zero-order chi connectivity index (χ0) is 14.1. The van der Waals surface area contributed by atoms with Crippen molar-refractivity contribution in [2.45, 2.75) is 18.8 Å². The molecule has 2 N–H and O–H groups in total. The fourth-order valence-corrected chi connectivity index (χ4v) is 2.58. The van der Waals surface area contributed by atoms with Crippen molar-refractivity contribution < 1.29 is 14.3 Å². The van der Waals surface area contributed by atoms with Crippen molar-refractivity contribution in [2.75, 3.05) is 20.3 Å². The van der Waals surface area contributed by atoms with E-state index < -0.39 is 5.91 Å². The molecule has 20 heavy (non-hydrogen) atoms. The van der Waals surface area contributed by atoms with Gasteiger partial charge in [0, 0.05) is 37.6 Å². The number of aromatic nitrogens is 2. The van der Waals surface area contributed by atoms with Gasteiger partial charge in [0.05, 0.1) is 18.4 Å². The molecule has 3 heterocycles. The molecule has 1 aliphatic heterocycles. The lowest BCUT2D eigenvalue weighted by molar-refractivity contribution is 0.0846. The third-order valence-electron chi connectivity index (χ3n) is 3.70. The van der Waals surface area contributed by atoms with E-state index in [0.717, 1.165) is 37.4 Å². The highest BCUT2D eigenvalue weighted by atomic mass is 16.5. The number of ether oxygens (including phenoxy) is 2. The lowest BCUT2D eigenvalue weighted by atomic mass is 9.97. The van der Waals surface area contributed by atoms with Gasteiger partial charge < -0.3 is 19.6 Å². The van der Waals surface area contributed by atoms with E-state index in [-0.39, 0.29) is 0 Å². The minimum atomic E-state index is -0.509. The molecule has 0 atom stereocenters. The molecule has 2 aromatic rings. The Bertz CT molecular complexity index is 644. The van der Waals surface area contributed by atoms with Gasteiger partial charge in [0.25, 0.3) is 5.91 Å². The topological polar surface area (TPSA) is 78.8 Å². The number of hydrogen-bond acceptors (Lipinski definition) is 4. The van der Waals surface area contributed by atoms with Crippen molar-refractivity contribution in [3.05, 3.63) is 29.7 Å². The number of methoxy groups -OCH3 is 1. The molecule has 0 bridgehead atoms. The van der Waals surface area contributed by atoms with E-state index >= 15 is 0 Å². The molecule has 0 radical (unpaired) electrons. The maximum atomic E-state index is 11.4. The Kier molecular flexibility index (Phi) is 3.31. The molecule has 0 aliphatic carbocycles. The van der Waals surface area contributed by atoms with Gasteiger partial charge in [-0.1, -0.05) is 0 Å². The van der Waals surface area contributed by atoms with Crippen LogP contribution in [0.25, 0.3) is 5.65 Å². The normalized spacial score (nSPS) is 16.4. The van der Waals surface area contributed by atoms with Crippen LogP contribution in [0.3, 0.4) is 0 Å². The summed E-state index contributed by atoms with van der Waals surface area (Å²) in [6.45, 7) is 1.54. The van der Waals surface area contributed by atoms with E-state index in [1.165, 1.54) is 7.11 Å². The summed E-state index contributed by atoms with van der Waals surface area (Å²) in [5.41, 5.74) is 7.50. The molecule has 6 heteroatoms. The number of carbonyl (C=O) groups excluding carboxylic acids is 1. The van der Waals surface area contributed by atoms with Crippen LogP contribution in [-0.4, -0.2) is 35.6 Å². The first-order chi connectivity index (χ1) is 9.69. The maximum absolute atomic E-state index is 11.4. The lowest BCUT2D eigenvalue weighted by Crippen LogP contribution is -2.14. The minimum Gasteiger partial charge on any atom is -0.496 e. The number of nitrogens with two attached hydrogens (primary N) is 1. The molecule has 0 spiro atoms. The van der Waals surface area contributed by atoms with Crippen LogP contribution in [0.1, 0.15) is 34.8 Å². The number of imidazole rings is 1. The van der Waals surface area contributed by atoms with Gasteiger partial charge in [0.2, 0.25) is 0 Å². The highest BCUT2D eigenvalue weighted by Crippen LogP contribution is 2.28. The molecule has 0 saturated carbocycles. The van der Waals surface area contributed by atoms with Gasteiger partial charge in [0.15, 0.2) is 0 Å². The summed E-state index contributed by atoms with van der Waals surface area (Å²) in [6.07, 6.45) is 5.58. The SMILES string of the molecule is COc1cc2nc(C3CCOCC3)cn2cc1C(N)=O. The van der Waals surface area contributed by atoms with Crippen molar-refractivity contribution in [1.82, 2.24) is 9.38 Å². The first-order valence-corrected chi connectivity index (χ1v) is 6.63. The largest absolute Gasteiger partial charge is 0.496 e. The van der Waals surface area contributed by atoms with Gasteiger partial charge in [-0.3, -0.25) is 4.79 Å². The summed E-state index contributed by atoms with van der Waals surface area (Å²) in [5.74, 6) is 0.353. The molecule has 106 valence electrons. The molecule has 1 aliphatic rings. The van der Waals surface area contributed by atoms with Crippen LogP contribution in [0.15, 0.2) is 18.5 Å². The summed E-state index contributed by atoms with van der Waals surface area (Å²) in [4.78, 5) is 16.0. The highest BCUT2D eigenvalue weighted by Gasteiger charge is 2.20. The predicted molar refractivity (Wildman–Crippen MR) is 73.1 cm³/mol. The molecule has 0 unspecified atom stereocenters. The molecular formula is C14H17N3O3. The molecule has 1 saturated heterocycles. The Balaban J connectivity index is 2.03. The summed E-state index contributed by atoms with van der Waals surface area (Å²) >= 11 is 0. The first kappa shape index (κ1) is 12.9. The molecule has 0 aromatic carbocycles. The summed E-state index contributed by atoms with van der Waals surface area (Å²) in [6, 6.07) is 1.74. The van der Waals surface area contributed by atoms with Crippen LogP contribution >= 0.6 is 0 Å². The Morgan fingerprint density at radius 1 is 1.45 bits per heavy atom. The van der Waals surface area contributed by atoms with Crippen molar-refractivity contribution in [2.24, 2.45) is 5.73 Å². The number of fused-ring (bicyclic) bond motifs is 1. The highest BCUT2D eigenvalue weighted by molar-refractivity contribution is 5.95. The van der Waals surface area contributed by atoms with Gasteiger partial charge >= 0.3 is 0 Å². The van der Waals surface area contributed by atoms with Gasteiger partial charge in [-0.2, -0.15) is 0 Å². The maximum Gasteiger partial charge on any atom is 0.253 e. The van der Waals surface area contributed by atoms with E-state index in [4.69, 9.17) is 15.2 Å². The molecule has 6 nitrogen and oxygen atoms in total. The summed E-state index contributed by atoms with van der Waals surface area (Å²) in [5, 5.41) is 0. The zero-order valence-electron chi connectivity index (χ0n) is 11.3. The monoisotopic (exact) mass is 275 g/mol. The van der Waals surface area contributed by atoms with E-state index in [0.29, 0.717) is 17.2 Å². The second-order valence-corrected chi connectivity index (χ2v) is 4.94. The molecule has 2 aromatic heterocycles. The first-order valence-electron chi connectivity index (χ1n) is 6.63. The van der Waals surface area contributed by atoms with Crippen LogP contribution in [0, 0.1) is 0 Å². The number of nitrogens with zero attached hydrogens (tertiary/aromatic N) is 2. The second kappa shape index (κ2) is 5.13. The van der Waals surface area contributed by atoms with E-state index in [1.807, 2.05) is 10.6 Å². The van der Waals surface area contributed by atoms with Crippen molar-refractivity contribution >= 4 is 11.6 Å². The number of primary amides is 1. The van der Waals surface area contributed by atoms with Gasteiger partial charge in [-0.25, -0.2) is 4.98 Å². The molecule has 3 rings (SSSR count). The Labute approximate surface area is 116 Å². The van der Waals surface area contributed by atoms with E-state index in [2.05, 4.69) is 4.98 Å². The number of pyridine rings is 1. The molecule has 1 amide bonds. The molecular weight excluding hydrogens is 258 g/mol. The van der Waals surface area contributed by atoms with Crippen LogP contribution in [0.5, 0.6) is 5.75 Å². The average Bonchev–Trinajstić information content (AvgIpc) is 2.89. The number of rotatable bonds is 3. The van der Waals surface area contributed by atoms with E-state index in [9.17, 15) is 4.79 Å². The van der Waals surface area contributed by atoms with Crippen LogP contribution in [0.2, 0.25) is 0 Å². The number of hydrogen-bond donors (Lipinski definition) is 1. The quantitative estimate of drug-likeness (QED) is 0.916. The fourth-order valence-electron chi connectivity index (χ4n) is 2.58. The number of carbonyl (C=O) groups is 1. The third kappa shape index (κ3) is 2.22.